The molecular formula is C23H35FN4O2. The molecule has 1 atom stereocenters. The molecule has 2 fully saturated rings. The summed E-state index contributed by atoms with van der Waals surface area (Å²) in [4.78, 5) is 31.4. The molecule has 6 nitrogen and oxygen atoms in total. The number of likely N-dealkylation sites (N-methyl/N-ethyl adjacent to an activating group) is 1. The van der Waals surface area contributed by atoms with Crippen molar-refractivity contribution in [3.05, 3.63) is 29.6 Å². The standard InChI is InChI=1S/C23H35FN4O2/c1-4-5-22(29)28-10-8-18(9-11-28)23(30)25-17(2)20-16-19(24)6-7-21(20)27-14-12-26(3)13-15-27/h6-7,16-18H,4-5,8-15H2,1-3H3,(H,25,30). The van der Waals surface area contributed by atoms with E-state index in [0.717, 1.165) is 43.9 Å². The smallest absolute Gasteiger partial charge is 0.223 e. The van der Waals surface area contributed by atoms with Crippen LogP contribution >= 0.6 is 0 Å². The Bertz CT molecular complexity index is 741. The van der Waals surface area contributed by atoms with Crippen molar-refractivity contribution in [3.63, 3.8) is 0 Å². The number of benzene rings is 1. The van der Waals surface area contributed by atoms with Crippen molar-refractivity contribution in [2.45, 2.75) is 45.6 Å². The average Bonchev–Trinajstić information content (AvgIpc) is 2.74. The van der Waals surface area contributed by atoms with E-state index in [1.165, 1.54) is 6.07 Å². The monoisotopic (exact) mass is 418 g/mol. The first-order chi connectivity index (χ1) is 14.4. The van der Waals surface area contributed by atoms with Crippen molar-refractivity contribution in [1.29, 1.82) is 0 Å². The van der Waals surface area contributed by atoms with Crippen LogP contribution in [0.2, 0.25) is 0 Å². The Morgan fingerprint density at radius 2 is 1.80 bits per heavy atom. The van der Waals surface area contributed by atoms with Gasteiger partial charge in [-0.25, -0.2) is 4.39 Å². The number of nitrogens with one attached hydrogen (secondary N) is 1. The SMILES string of the molecule is CCCC(=O)N1CCC(C(=O)NC(C)c2cc(F)ccc2N2CCN(C)CC2)CC1. The van der Waals surface area contributed by atoms with Gasteiger partial charge < -0.3 is 20.0 Å². The van der Waals surface area contributed by atoms with Crippen molar-refractivity contribution in [1.82, 2.24) is 15.1 Å². The van der Waals surface area contributed by atoms with Crippen molar-refractivity contribution >= 4 is 17.5 Å². The van der Waals surface area contributed by atoms with Crippen LogP contribution in [0.15, 0.2) is 18.2 Å². The molecule has 0 aliphatic carbocycles. The van der Waals surface area contributed by atoms with E-state index >= 15 is 0 Å². The quantitative estimate of drug-likeness (QED) is 0.772. The molecule has 2 aliphatic heterocycles. The van der Waals surface area contributed by atoms with E-state index in [4.69, 9.17) is 0 Å². The lowest BCUT2D eigenvalue weighted by Crippen LogP contribution is -2.45. The second-order valence-electron chi connectivity index (χ2n) is 8.63. The minimum absolute atomic E-state index is 0.00122. The van der Waals surface area contributed by atoms with Crippen LogP contribution in [0.25, 0.3) is 0 Å². The lowest BCUT2D eigenvalue weighted by atomic mass is 9.94. The van der Waals surface area contributed by atoms with Crippen molar-refractivity contribution in [2.24, 2.45) is 5.92 Å². The molecule has 3 rings (SSSR count). The van der Waals surface area contributed by atoms with Crippen LogP contribution < -0.4 is 10.2 Å². The van der Waals surface area contributed by atoms with E-state index in [1.807, 2.05) is 24.8 Å². The summed E-state index contributed by atoms with van der Waals surface area (Å²) in [6.45, 7) is 8.91. The molecule has 2 aliphatic rings. The highest BCUT2D eigenvalue weighted by molar-refractivity contribution is 5.80. The van der Waals surface area contributed by atoms with E-state index in [2.05, 4.69) is 22.2 Å². The Labute approximate surface area is 179 Å². The first kappa shape index (κ1) is 22.5. The third-order valence-corrected chi connectivity index (χ3v) is 6.34. The number of rotatable bonds is 6. The van der Waals surface area contributed by atoms with E-state index in [1.54, 1.807) is 6.07 Å². The highest BCUT2D eigenvalue weighted by Crippen LogP contribution is 2.29. The normalized spacial score (nSPS) is 19.6. The molecule has 0 aromatic heterocycles. The summed E-state index contributed by atoms with van der Waals surface area (Å²) in [6.07, 6.45) is 2.79. The molecule has 7 heteroatoms. The zero-order valence-corrected chi connectivity index (χ0v) is 18.5. The fraction of sp³-hybridized carbons (Fsp3) is 0.652. The van der Waals surface area contributed by atoms with Crippen LogP contribution in [0, 0.1) is 11.7 Å². The Balaban J connectivity index is 1.62. The van der Waals surface area contributed by atoms with Gasteiger partial charge in [0.15, 0.2) is 0 Å². The van der Waals surface area contributed by atoms with Crippen LogP contribution in [-0.2, 0) is 9.59 Å². The molecule has 0 radical (unpaired) electrons. The zero-order chi connectivity index (χ0) is 21.7. The van der Waals surface area contributed by atoms with Crippen molar-refractivity contribution in [2.75, 3.05) is 51.2 Å². The molecule has 0 saturated carbocycles. The van der Waals surface area contributed by atoms with Gasteiger partial charge in [-0.1, -0.05) is 6.92 Å². The molecule has 2 amide bonds. The number of amides is 2. The van der Waals surface area contributed by atoms with Gasteiger partial charge in [-0.15, -0.1) is 0 Å². The maximum absolute atomic E-state index is 14.0. The Kier molecular flexibility index (Phi) is 7.69. The van der Waals surface area contributed by atoms with Gasteiger partial charge >= 0.3 is 0 Å². The van der Waals surface area contributed by atoms with E-state index in [-0.39, 0.29) is 29.6 Å². The Hall–Kier alpha value is -2.15. The maximum Gasteiger partial charge on any atom is 0.223 e. The number of carbonyl (C=O) groups excluding carboxylic acids is 2. The summed E-state index contributed by atoms with van der Waals surface area (Å²) in [6, 6.07) is 4.60. The molecule has 2 heterocycles. The van der Waals surface area contributed by atoms with E-state index in [9.17, 15) is 14.0 Å². The van der Waals surface area contributed by atoms with Crippen LogP contribution in [-0.4, -0.2) is 67.9 Å². The summed E-state index contributed by atoms with van der Waals surface area (Å²) < 4.78 is 14.0. The summed E-state index contributed by atoms with van der Waals surface area (Å²) in [5.41, 5.74) is 1.82. The number of likely N-dealkylation sites (tertiary alicyclic amines) is 1. The number of hydrogen-bond donors (Lipinski definition) is 1. The van der Waals surface area contributed by atoms with Crippen LogP contribution in [0.5, 0.6) is 0 Å². The van der Waals surface area contributed by atoms with Gasteiger partial charge in [-0.2, -0.15) is 0 Å². The molecule has 30 heavy (non-hydrogen) atoms. The number of halogens is 1. The second-order valence-corrected chi connectivity index (χ2v) is 8.63. The topological polar surface area (TPSA) is 55.9 Å². The highest BCUT2D eigenvalue weighted by atomic mass is 19.1. The molecular weight excluding hydrogens is 383 g/mol. The summed E-state index contributed by atoms with van der Waals surface area (Å²) in [5, 5.41) is 3.10. The van der Waals surface area contributed by atoms with Gasteiger partial charge in [0.1, 0.15) is 5.82 Å². The maximum atomic E-state index is 14.0. The summed E-state index contributed by atoms with van der Waals surface area (Å²) in [7, 11) is 2.10. The molecule has 0 spiro atoms. The number of anilines is 1. The minimum Gasteiger partial charge on any atom is -0.369 e. The number of nitrogens with zero attached hydrogens (tertiary/aromatic N) is 3. The molecule has 1 aromatic carbocycles. The highest BCUT2D eigenvalue weighted by Gasteiger charge is 2.28. The third-order valence-electron chi connectivity index (χ3n) is 6.34. The largest absolute Gasteiger partial charge is 0.369 e. The van der Waals surface area contributed by atoms with Crippen molar-refractivity contribution in [3.8, 4) is 0 Å². The van der Waals surface area contributed by atoms with Crippen LogP contribution in [0.1, 0.15) is 51.1 Å². The van der Waals surface area contributed by atoms with Gasteiger partial charge in [0.2, 0.25) is 11.8 Å². The third kappa shape index (κ3) is 5.50. The molecule has 1 aromatic rings. The summed E-state index contributed by atoms with van der Waals surface area (Å²) in [5.74, 6) is -0.203. The lowest BCUT2D eigenvalue weighted by molar-refractivity contribution is -0.135. The van der Waals surface area contributed by atoms with Gasteiger partial charge in [0, 0.05) is 62.9 Å². The molecule has 1 unspecified atom stereocenters. The first-order valence-electron chi connectivity index (χ1n) is 11.2. The number of carbonyl (C=O) groups is 2. The Morgan fingerprint density at radius 1 is 1.13 bits per heavy atom. The molecule has 0 bridgehead atoms. The second kappa shape index (κ2) is 10.2. The predicted octanol–water partition coefficient (Wildman–Crippen LogP) is 2.79. The number of piperidine rings is 1. The minimum atomic E-state index is -0.285. The van der Waals surface area contributed by atoms with Crippen LogP contribution in [0.4, 0.5) is 10.1 Å². The number of hydrogen-bond acceptors (Lipinski definition) is 4. The zero-order valence-electron chi connectivity index (χ0n) is 18.5. The summed E-state index contributed by atoms with van der Waals surface area (Å²) >= 11 is 0. The lowest BCUT2D eigenvalue weighted by Gasteiger charge is -2.36. The van der Waals surface area contributed by atoms with Gasteiger partial charge in [-0.3, -0.25) is 9.59 Å². The first-order valence-corrected chi connectivity index (χ1v) is 11.2. The fourth-order valence-electron chi connectivity index (χ4n) is 4.38. The molecule has 166 valence electrons. The van der Waals surface area contributed by atoms with Gasteiger partial charge in [0.05, 0.1) is 6.04 Å². The van der Waals surface area contributed by atoms with Gasteiger partial charge in [0.25, 0.3) is 0 Å². The van der Waals surface area contributed by atoms with Gasteiger partial charge in [-0.05, 0) is 51.4 Å². The van der Waals surface area contributed by atoms with E-state index < -0.39 is 0 Å². The molecule has 2 saturated heterocycles. The predicted molar refractivity (Wildman–Crippen MR) is 117 cm³/mol. The van der Waals surface area contributed by atoms with E-state index in [0.29, 0.717) is 32.4 Å². The van der Waals surface area contributed by atoms with Crippen molar-refractivity contribution < 1.29 is 14.0 Å². The Morgan fingerprint density at radius 3 is 2.43 bits per heavy atom. The van der Waals surface area contributed by atoms with Crippen LogP contribution in [0.3, 0.4) is 0 Å². The molecule has 1 N–H and O–H groups in total. The average molecular weight is 419 g/mol. The fourth-order valence-corrected chi connectivity index (χ4v) is 4.38. The number of piperazine rings is 1.